The molecule has 1 heterocycles. The van der Waals surface area contributed by atoms with Gasteiger partial charge in [-0.15, -0.1) is 0 Å². The molecule has 0 saturated carbocycles. The number of carbonyl (C=O) groups is 1. The molecule has 11 heteroatoms. The maximum Gasteiger partial charge on any atom is 0.238 e. The number of hydrogen-bond donors (Lipinski definition) is 3. The van der Waals surface area contributed by atoms with Crippen LogP contribution >= 0.6 is 0 Å². The molecule has 2 atom stereocenters. The summed E-state index contributed by atoms with van der Waals surface area (Å²) in [6.45, 7) is 0.551. The van der Waals surface area contributed by atoms with Crippen molar-refractivity contribution in [2.75, 3.05) is 23.9 Å². The largest absolute Gasteiger partial charge is 0.385 e. The van der Waals surface area contributed by atoms with Crippen LogP contribution in [0.15, 0.2) is 85.2 Å². The van der Waals surface area contributed by atoms with E-state index in [1.807, 2.05) is 42.5 Å². The number of sulfonamides is 1. The molecule has 38 heavy (non-hydrogen) atoms. The van der Waals surface area contributed by atoms with Gasteiger partial charge in [0, 0.05) is 36.9 Å². The van der Waals surface area contributed by atoms with Gasteiger partial charge >= 0.3 is 0 Å². The molecular formula is C27H34N4O5S2. The van der Waals surface area contributed by atoms with Crippen LogP contribution in [0.5, 0.6) is 0 Å². The quantitative estimate of drug-likeness (QED) is 0.261. The lowest BCUT2D eigenvalue weighted by Gasteiger charge is -2.24. The number of rotatable bonds is 15. The maximum atomic E-state index is 13.4. The Hall–Kier alpha value is -3.28. The molecule has 3 N–H and O–H groups in total. The van der Waals surface area contributed by atoms with Crippen molar-refractivity contribution in [1.29, 1.82) is 0 Å². The van der Waals surface area contributed by atoms with Crippen molar-refractivity contribution >= 4 is 31.5 Å². The number of benzene rings is 2. The summed E-state index contributed by atoms with van der Waals surface area (Å²) in [6, 6.07) is 20.4. The molecule has 0 radical (unpaired) electrons. The SMILES string of the molecule is CS(=O)(=O)CC[C@H](NS(=O)(=O)Cc1ccccc1)C(=O)N[C@H](CCNc1ccncc1)Cc1ccccc1. The fraction of sp³-hybridized carbons (Fsp3) is 0.333. The Balaban J connectivity index is 1.73. The van der Waals surface area contributed by atoms with Crippen molar-refractivity contribution < 1.29 is 21.6 Å². The predicted molar refractivity (Wildman–Crippen MR) is 150 cm³/mol. The smallest absolute Gasteiger partial charge is 0.238 e. The Morgan fingerprint density at radius 1 is 0.842 bits per heavy atom. The molecule has 1 aromatic heterocycles. The Morgan fingerprint density at radius 3 is 2.05 bits per heavy atom. The van der Waals surface area contributed by atoms with Crippen molar-refractivity contribution in [2.45, 2.75) is 37.1 Å². The Kier molecular flexibility index (Phi) is 10.8. The molecule has 0 fully saturated rings. The first kappa shape index (κ1) is 29.3. The number of hydrogen-bond acceptors (Lipinski definition) is 7. The second-order valence-electron chi connectivity index (χ2n) is 9.18. The van der Waals surface area contributed by atoms with Crippen LogP contribution in [-0.2, 0) is 36.8 Å². The molecule has 204 valence electrons. The lowest BCUT2D eigenvalue weighted by molar-refractivity contribution is -0.123. The highest BCUT2D eigenvalue weighted by Crippen LogP contribution is 2.11. The minimum absolute atomic E-state index is 0.175. The highest BCUT2D eigenvalue weighted by atomic mass is 32.2. The third-order valence-electron chi connectivity index (χ3n) is 5.79. The van der Waals surface area contributed by atoms with E-state index in [1.165, 1.54) is 0 Å². The molecule has 0 bridgehead atoms. The molecule has 0 aliphatic heterocycles. The van der Waals surface area contributed by atoms with Gasteiger partial charge in [-0.2, -0.15) is 0 Å². The van der Waals surface area contributed by atoms with Gasteiger partial charge in [0.05, 0.1) is 11.5 Å². The van der Waals surface area contributed by atoms with E-state index in [0.29, 0.717) is 24.9 Å². The number of nitrogens with one attached hydrogen (secondary N) is 3. The number of amides is 1. The number of sulfone groups is 1. The highest BCUT2D eigenvalue weighted by Gasteiger charge is 2.27. The number of pyridine rings is 1. The molecule has 0 unspecified atom stereocenters. The van der Waals surface area contributed by atoms with Crippen molar-refractivity contribution in [1.82, 2.24) is 15.0 Å². The van der Waals surface area contributed by atoms with Crippen LogP contribution < -0.4 is 15.4 Å². The van der Waals surface area contributed by atoms with Gasteiger partial charge in [-0.25, -0.2) is 21.6 Å². The zero-order chi connectivity index (χ0) is 27.4. The first-order valence-corrected chi connectivity index (χ1v) is 16.0. The summed E-state index contributed by atoms with van der Waals surface area (Å²) in [6.07, 6.45) is 5.33. The lowest BCUT2D eigenvalue weighted by atomic mass is 10.0. The Bertz CT molecular complexity index is 1350. The fourth-order valence-electron chi connectivity index (χ4n) is 3.91. The molecule has 0 saturated heterocycles. The number of anilines is 1. The van der Waals surface area contributed by atoms with Gasteiger partial charge in [-0.3, -0.25) is 9.78 Å². The second kappa shape index (κ2) is 14.0. The van der Waals surface area contributed by atoms with Crippen molar-refractivity contribution in [3.63, 3.8) is 0 Å². The molecular weight excluding hydrogens is 524 g/mol. The van der Waals surface area contributed by atoms with Crippen LogP contribution in [0.1, 0.15) is 24.0 Å². The summed E-state index contributed by atoms with van der Waals surface area (Å²) in [5.74, 6) is -1.21. The van der Waals surface area contributed by atoms with Crippen LogP contribution in [-0.4, -0.2) is 58.4 Å². The van der Waals surface area contributed by atoms with E-state index in [2.05, 4.69) is 20.3 Å². The monoisotopic (exact) mass is 558 g/mol. The zero-order valence-electron chi connectivity index (χ0n) is 21.3. The van der Waals surface area contributed by atoms with Gasteiger partial charge in [-0.05, 0) is 42.5 Å². The van der Waals surface area contributed by atoms with E-state index >= 15 is 0 Å². The van der Waals surface area contributed by atoms with Crippen LogP contribution in [0.25, 0.3) is 0 Å². The maximum absolute atomic E-state index is 13.4. The number of carbonyl (C=O) groups excluding carboxylic acids is 1. The summed E-state index contributed by atoms with van der Waals surface area (Å²) >= 11 is 0. The summed E-state index contributed by atoms with van der Waals surface area (Å²) in [4.78, 5) is 17.4. The molecule has 3 aromatic rings. The van der Waals surface area contributed by atoms with Gasteiger partial charge in [-0.1, -0.05) is 60.7 Å². The van der Waals surface area contributed by atoms with Crippen molar-refractivity contribution in [2.24, 2.45) is 0 Å². The van der Waals surface area contributed by atoms with Gasteiger partial charge in [0.15, 0.2) is 0 Å². The number of aromatic nitrogens is 1. The van der Waals surface area contributed by atoms with Crippen LogP contribution in [0.3, 0.4) is 0 Å². The van der Waals surface area contributed by atoms with Crippen LogP contribution in [0, 0.1) is 0 Å². The molecule has 0 aliphatic carbocycles. The van der Waals surface area contributed by atoms with E-state index < -0.39 is 31.8 Å². The second-order valence-corrected chi connectivity index (χ2v) is 13.2. The lowest BCUT2D eigenvalue weighted by Crippen LogP contribution is -2.51. The molecule has 9 nitrogen and oxygen atoms in total. The van der Waals surface area contributed by atoms with Crippen LogP contribution in [0.4, 0.5) is 5.69 Å². The normalized spacial score (nSPS) is 13.4. The van der Waals surface area contributed by atoms with E-state index in [-0.39, 0.29) is 24.0 Å². The van der Waals surface area contributed by atoms with Crippen molar-refractivity contribution in [3.05, 3.63) is 96.3 Å². The standard InChI is InChI=1S/C27H34N4O5S2/c1-37(33,34)19-15-26(31-38(35,36)21-23-10-6-3-7-11-23)27(32)30-25(20-22-8-4-2-5-9-22)14-18-29-24-12-16-28-17-13-24/h2-13,16-17,25-26,31H,14-15,18-21H2,1H3,(H,28,29)(H,30,32)/t25-,26+/m1/s1. The van der Waals surface area contributed by atoms with Gasteiger partial charge in [0.1, 0.15) is 15.9 Å². The third kappa shape index (κ3) is 11.0. The van der Waals surface area contributed by atoms with E-state index in [4.69, 9.17) is 0 Å². The Morgan fingerprint density at radius 2 is 1.45 bits per heavy atom. The Labute approximate surface area is 225 Å². The van der Waals surface area contributed by atoms with Gasteiger partial charge in [0.25, 0.3) is 0 Å². The molecule has 1 amide bonds. The van der Waals surface area contributed by atoms with Gasteiger partial charge < -0.3 is 10.6 Å². The molecule has 2 aromatic carbocycles. The molecule has 3 rings (SSSR count). The van der Waals surface area contributed by atoms with Crippen LogP contribution in [0.2, 0.25) is 0 Å². The minimum atomic E-state index is -3.92. The van der Waals surface area contributed by atoms with Gasteiger partial charge in [0.2, 0.25) is 15.9 Å². The zero-order valence-corrected chi connectivity index (χ0v) is 22.9. The highest BCUT2D eigenvalue weighted by molar-refractivity contribution is 7.90. The van der Waals surface area contributed by atoms with Crippen molar-refractivity contribution in [3.8, 4) is 0 Å². The third-order valence-corrected chi connectivity index (χ3v) is 8.12. The topological polar surface area (TPSA) is 134 Å². The fourth-order valence-corrected chi connectivity index (χ4v) is 5.95. The summed E-state index contributed by atoms with van der Waals surface area (Å²) in [5.41, 5.74) is 2.47. The first-order chi connectivity index (χ1) is 18.1. The number of nitrogens with zero attached hydrogens (tertiary/aromatic N) is 1. The summed E-state index contributed by atoms with van der Waals surface area (Å²) < 4.78 is 51.9. The summed E-state index contributed by atoms with van der Waals surface area (Å²) in [5, 5.41) is 6.25. The average Bonchev–Trinajstić information content (AvgIpc) is 2.87. The molecule has 0 spiro atoms. The van der Waals surface area contributed by atoms with E-state index in [1.54, 1.807) is 42.7 Å². The summed E-state index contributed by atoms with van der Waals surface area (Å²) in [7, 11) is -7.34. The predicted octanol–water partition coefficient (Wildman–Crippen LogP) is 2.53. The van der Waals surface area contributed by atoms with E-state index in [0.717, 1.165) is 17.5 Å². The van der Waals surface area contributed by atoms with E-state index in [9.17, 15) is 21.6 Å². The molecule has 0 aliphatic rings. The minimum Gasteiger partial charge on any atom is -0.385 e. The first-order valence-electron chi connectivity index (χ1n) is 12.3. The average molecular weight is 559 g/mol.